The van der Waals surface area contributed by atoms with Crippen LogP contribution in [0.25, 0.3) is 0 Å². The van der Waals surface area contributed by atoms with Gasteiger partial charge in [-0.15, -0.1) is 0 Å². The van der Waals surface area contributed by atoms with Crippen molar-refractivity contribution < 1.29 is 13.7 Å². The minimum Gasteiger partial charge on any atom is -0.444 e. The van der Waals surface area contributed by atoms with E-state index in [0.717, 1.165) is 44.4 Å². The number of carbonyl (C=O) groups is 1. The Hall–Kier alpha value is -0.620. The smallest absolute Gasteiger partial charge is 0.410 e. The fourth-order valence-electron chi connectivity index (χ4n) is 3.49. The van der Waals surface area contributed by atoms with Crippen LogP contribution in [0.3, 0.4) is 0 Å². The monoisotopic (exact) mass is 344 g/mol. The summed E-state index contributed by atoms with van der Waals surface area (Å²) in [7, 11) is -0.688. The van der Waals surface area contributed by atoms with Gasteiger partial charge >= 0.3 is 6.09 Å². The van der Waals surface area contributed by atoms with Gasteiger partial charge in [0.2, 0.25) is 0 Å². The average Bonchev–Trinajstić information content (AvgIpc) is 2.93. The lowest BCUT2D eigenvalue weighted by Gasteiger charge is -2.31. The Morgan fingerprint density at radius 2 is 2.00 bits per heavy atom. The van der Waals surface area contributed by atoms with Crippen LogP contribution in [0.15, 0.2) is 0 Å². The molecular weight excluding hydrogens is 312 g/mol. The van der Waals surface area contributed by atoms with E-state index in [1.807, 2.05) is 27.7 Å². The van der Waals surface area contributed by atoms with E-state index >= 15 is 0 Å². The van der Waals surface area contributed by atoms with Crippen LogP contribution >= 0.6 is 0 Å². The van der Waals surface area contributed by atoms with Gasteiger partial charge in [-0.05, 0) is 46.5 Å². The summed E-state index contributed by atoms with van der Waals surface area (Å²) in [5.74, 6) is 0.757. The van der Waals surface area contributed by atoms with Gasteiger partial charge in [0.25, 0.3) is 0 Å². The molecule has 134 valence electrons. The summed E-state index contributed by atoms with van der Waals surface area (Å²) in [6.07, 6.45) is 5.15. The Morgan fingerprint density at radius 1 is 1.26 bits per heavy atom. The number of ether oxygens (including phenoxy) is 1. The fraction of sp³-hybridized carbons (Fsp3) is 0.941. The van der Waals surface area contributed by atoms with Gasteiger partial charge < -0.3 is 15.0 Å². The molecule has 6 heteroatoms. The maximum Gasteiger partial charge on any atom is 0.410 e. The number of nitrogens with one attached hydrogen (secondary N) is 1. The normalized spacial score (nSPS) is 30.3. The summed E-state index contributed by atoms with van der Waals surface area (Å²) in [5.41, 5.74) is -0.441. The predicted molar refractivity (Wildman–Crippen MR) is 94.1 cm³/mol. The van der Waals surface area contributed by atoms with Crippen molar-refractivity contribution in [1.29, 1.82) is 0 Å². The molecule has 0 aromatic carbocycles. The molecule has 0 spiro atoms. The second-order valence-electron chi connectivity index (χ2n) is 7.73. The zero-order valence-electron chi connectivity index (χ0n) is 15.0. The minimum absolute atomic E-state index is 0.213. The SMILES string of the molecule is CC[S@](=O)[C@@H]1CCC[C@@H](N[C@H]2CCN(C(=O)OC(C)(C)C)C2)C1. The number of carbonyl (C=O) groups excluding carboxylic acids is 1. The highest BCUT2D eigenvalue weighted by atomic mass is 32.2. The Bertz CT molecular complexity index is 436. The molecule has 1 aliphatic carbocycles. The first kappa shape index (κ1) is 18.7. The highest BCUT2D eigenvalue weighted by molar-refractivity contribution is 7.85. The molecule has 1 heterocycles. The Kier molecular flexibility index (Phi) is 6.48. The van der Waals surface area contributed by atoms with Crippen LogP contribution in [0.5, 0.6) is 0 Å². The zero-order chi connectivity index (χ0) is 17.0. The molecule has 1 saturated carbocycles. The van der Waals surface area contributed by atoms with Gasteiger partial charge in [-0.2, -0.15) is 0 Å². The fourth-order valence-corrected chi connectivity index (χ4v) is 4.84. The highest BCUT2D eigenvalue weighted by Crippen LogP contribution is 2.24. The third-order valence-electron chi connectivity index (χ3n) is 4.59. The van der Waals surface area contributed by atoms with Crippen molar-refractivity contribution in [3.8, 4) is 0 Å². The largest absolute Gasteiger partial charge is 0.444 e. The number of likely N-dealkylation sites (tertiary alicyclic amines) is 1. The Morgan fingerprint density at radius 3 is 2.65 bits per heavy atom. The Balaban J connectivity index is 1.79. The molecule has 2 aliphatic rings. The van der Waals surface area contributed by atoms with Crippen LogP contribution in [0, 0.1) is 0 Å². The van der Waals surface area contributed by atoms with E-state index < -0.39 is 16.4 Å². The first-order valence-corrected chi connectivity index (χ1v) is 10.3. The Labute approximate surface area is 143 Å². The summed E-state index contributed by atoms with van der Waals surface area (Å²) in [6.45, 7) is 9.16. The molecule has 0 radical (unpaired) electrons. The lowest BCUT2D eigenvalue weighted by molar-refractivity contribution is 0.0290. The van der Waals surface area contributed by atoms with Crippen LogP contribution in [-0.2, 0) is 15.5 Å². The van der Waals surface area contributed by atoms with E-state index in [1.165, 1.54) is 0 Å². The maximum atomic E-state index is 12.1. The molecule has 1 aliphatic heterocycles. The second-order valence-corrected chi connectivity index (χ2v) is 9.74. The number of rotatable bonds is 4. The lowest BCUT2D eigenvalue weighted by Crippen LogP contribution is -2.45. The number of amides is 1. The topological polar surface area (TPSA) is 58.6 Å². The third kappa shape index (κ3) is 5.75. The molecule has 1 amide bonds. The first-order chi connectivity index (χ1) is 10.8. The quantitative estimate of drug-likeness (QED) is 0.852. The number of nitrogens with zero attached hydrogens (tertiary/aromatic N) is 1. The molecular formula is C17H32N2O3S. The summed E-state index contributed by atoms with van der Waals surface area (Å²) in [4.78, 5) is 13.9. The standard InChI is InChI=1S/C17H32N2O3S/c1-5-23(21)15-8-6-7-13(11-15)18-14-9-10-19(12-14)16(20)22-17(2,3)4/h13-15,18H,5-12H2,1-4H3/t13-,14+,15-,23+/m1/s1. The number of hydrogen-bond donors (Lipinski definition) is 1. The molecule has 2 rings (SSSR count). The van der Waals surface area contributed by atoms with Crippen LogP contribution in [0.1, 0.15) is 59.8 Å². The van der Waals surface area contributed by atoms with Crippen molar-refractivity contribution in [2.24, 2.45) is 0 Å². The molecule has 23 heavy (non-hydrogen) atoms. The van der Waals surface area contributed by atoms with Crippen LogP contribution in [-0.4, -0.2) is 57.0 Å². The van der Waals surface area contributed by atoms with Crippen molar-refractivity contribution in [1.82, 2.24) is 10.2 Å². The van der Waals surface area contributed by atoms with Crippen molar-refractivity contribution >= 4 is 16.9 Å². The van der Waals surface area contributed by atoms with E-state index in [9.17, 15) is 9.00 Å². The summed E-state index contributed by atoms with van der Waals surface area (Å²) < 4.78 is 17.5. The summed E-state index contributed by atoms with van der Waals surface area (Å²) in [5, 5.41) is 4.03. The van der Waals surface area contributed by atoms with E-state index in [4.69, 9.17) is 4.74 Å². The average molecular weight is 345 g/mol. The van der Waals surface area contributed by atoms with Crippen LogP contribution in [0.4, 0.5) is 4.79 Å². The summed E-state index contributed by atoms with van der Waals surface area (Å²) >= 11 is 0. The van der Waals surface area contributed by atoms with Crippen molar-refractivity contribution in [2.45, 2.75) is 82.7 Å². The van der Waals surface area contributed by atoms with E-state index in [-0.39, 0.29) is 6.09 Å². The molecule has 0 aromatic rings. The summed E-state index contributed by atoms with van der Waals surface area (Å²) in [6, 6.07) is 0.772. The zero-order valence-corrected chi connectivity index (χ0v) is 15.8. The van der Waals surface area contributed by atoms with Gasteiger partial charge in [-0.3, -0.25) is 4.21 Å². The third-order valence-corrected chi connectivity index (χ3v) is 6.33. The highest BCUT2D eigenvalue weighted by Gasteiger charge is 2.32. The maximum absolute atomic E-state index is 12.1. The van der Waals surface area contributed by atoms with Gasteiger partial charge in [0.1, 0.15) is 5.60 Å². The van der Waals surface area contributed by atoms with Crippen molar-refractivity contribution in [3.63, 3.8) is 0 Å². The van der Waals surface area contributed by atoms with Gasteiger partial charge in [-0.25, -0.2) is 4.79 Å². The molecule has 2 fully saturated rings. The molecule has 0 aromatic heterocycles. The van der Waals surface area contributed by atoms with E-state index in [1.54, 1.807) is 4.90 Å². The molecule has 0 unspecified atom stereocenters. The number of hydrogen-bond acceptors (Lipinski definition) is 4. The van der Waals surface area contributed by atoms with Gasteiger partial charge in [0.05, 0.1) is 0 Å². The van der Waals surface area contributed by atoms with Crippen LogP contribution < -0.4 is 5.32 Å². The molecule has 4 atom stereocenters. The lowest BCUT2D eigenvalue weighted by atomic mass is 9.94. The second kappa shape index (κ2) is 7.97. The van der Waals surface area contributed by atoms with Crippen LogP contribution in [0.2, 0.25) is 0 Å². The molecule has 1 saturated heterocycles. The predicted octanol–water partition coefficient (Wildman–Crippen LogP) is 2.67. The molecule has 1 N–H and O–H groups in total. The van der Waals surface area contributed by atoms with Gasteiger partial charge in [-0.1, -0.05) is 13.3 Å². The molecule has 5 nitrogen and oxygen atoms in total. The van der Waals surface area contributed by atoms with E-state index in [2.05, 4.69) is 5.32 Å². The van der Waals surface area contributed by atoms with Crippen molar-refractivity contribution in [3.05, 3.63) is 0 Å². The first-order valence-electron chi connectivity index (χ1n) is 8.89. The van der Waals surface area contributed by atoms with Gasteiger partial charge in [0.15, 0.2) is 0 Å². The molecule has 0 bridgehead atoms. The minimum atomic E-state index is -0.688. The van der Waals surface area contributed by atoms with Gasteiger partial charge in [0, 0.05) is 47.0 Å². The van der Waals surface area contributed by atoms with E-state index in [0.29, 0.717) is 23.9 Å². The van der Waals surface area contributed by atoms with Crippen molar-refractivity contribution in [2.75, 3.05) is 18.8 Å².